The summed E-state index contributed by atoms with van der Waals surface area (Å²) in [5.41, 5.74) is 0.554. The van der Waals surface area contributed by atoms with Crippen molar-refractivity contribution in [3.05, 3.63) is 17.7 Å². The molecule has 0 atom stereocenters. The van der Waals surface area contributed by atoms with Crippen LogP contribution in [-0.4, -0.2) is 51.0 Å². The lowest BCUT2D eigenvalue weighted by molar-refractivity contribution is 0.0698. The fraction of sp³-hybridized carbons (Fsp3) is 0.562. The van der Waals surface area contributed by atoms with E-state index in [0.29, 0.717) is 28.7 Å². The fourth-order valence-corrected chi connectivity index (χ4v) is 3.07. The lowest BCUT2D eigenvalue weighted by Crippen LogP contribution is -2.38. The van der Waals surface area contributed by atoms with Crippen LogP contribution in [0.3, 0.4) is 0 Å². The van der Waals surface area contributed by atoms with Gasteiger partial charge < -0.3 is 19.1 Å². The molecule has 1 saturated heterocycles. The zero-order valence-electron chi connectivity index (χ0n) is 13.3. The summed E-state index contributed by atoms with van der Waals surface area (Å²) in [5.74, 6) is 2.97. The first-order chi connectivity index (χ1) is 10.6. The van der Waals surface area contributed by atoms with Gasteiger partial charge in [-0.1, -0.05) is 0 Å². The van der Waals surface area contributed by atoms with Crippen molar-refractivity contribution in [1.29, 1.82) is 0 Å². The highest BCUT2D eigenvalue weighted by Crippen LogP contribution is 2.38. The molecule has 1 amide bonds. The zero-order valence-corrected chi connectivity index (χ0v) is 14.2. The predicted octanol–water partition coefficient (Wildman–Crippen LogP) is 2.49. The van der Waals surface area contributed by atoms with Gasteiger partial charge in [0.25, 0.3) is 5.91 Å². The van der Waals surface area contributed by atoms with E-state index >= 15 is 0 Å². The molecule has 0 saturated carbocycles. The maximum atomic E-state index is 12.7. The van der Waals surface area contributed by atoms with Crippen molar-refractivity contribution < 1.29 is 19.0 Å². The molecule has 22 heavy (non-hydrogen) atoms. The van der Waals surface area contributed by atoms with Gasteiger partial charge in [0.15, 0.2) is 11.5 Å². The van der Waals surface area contributed by atoms with Crippen LogP contribution in [0.2, 0.25) is 0 Å². The molecule has 0 aromatic heterocycles. The van der Waals surface area contributed by atoms with Crippen LogP contribution < -0.4 is 14.2 Å². The number of hydrogen-bond donors (Lipinski definition) is 1. The largest absolute Gasteiger partial charge is 0.493 e. The molecule has 1 fully saturated rings. The fourth-order valence-electron chi connectivity index (χ4n) is 2.71. The van der Waals surface area contributed by atoms with Crippen LogP contribution in [0.5, 0.6) is 17.2 Å². The quantitative estimate of drug-likeness (QED) is 0.845. The number of hydrogen-bond acceptors (Lipinski definition) is 5. The lowest BCUT2D eigenvalue weighted by Gasteiger charge is -2.31. The number of rotatable bonds is 5. The first-order valence-electron chi connectivity index (χ1n) is 7.34. The van der Waals surface area contributed by atoms with E-state index < -0.39 is 0 Å². The predicted molar refractivity (Wildman–Crippen MR) is 88.6 cm³/mol. The van der Waals surface area contributed by atoms with Crippen molar-refractivity contribution in [1.82, 2.24) is 4.90 Å². The molecule has 1 aromatic carbocycles. The molecule has 1 aromatic rings. The molecule has 0 aliphatic carbocycles. The summed E-state index contributed by atoms with van der Waals surface area (Å²) in [4.78, 5) is 14.6. The van der Waals surface area contributed by atoms with Crippen LogP contribution in [0, 0.1) is 5.92 Å². The summed E-state index contributed by atoms with van der Waals surface area (Å²) < 4.78 is 15.9. The number of carbonyl (C=O) groups is 1. The molecule has 1 aliphatic rings. The van der Waals surface area contributed by atoms with Gasteiger partial charge in [-0.25, -0.2) is 0 Å². The number of methoxy groups -OCH3 is 3. The summed E-state index contributed by atoms with van der Waals surface area (Å²) in [6.07, 6.45) is 2.00. The van der Waals surface area contributed by atoms with Gasteiger partial charge in [0.05, 0.1) is 21.3 Å². The molecular formula is C16H23NO4S. The Kier molecular flexibility index (Phi) is 5.83. The Morgan fingerprint density at radius 1 is 1.14 bits per heavy atom. The van der Waals surface area contributed by atoms with Crippen LogP contribution in [0.15, 0.2) is 12.1 Å². The Balaban J connectivity index is 2.23. The third-order valence-corrected chi connectivity index (χ3v) is 4.59. The van der Waals surface area contributed by atoms with Crippen molar-refractivity contribution in [3.8, 4) is 17.2 Å². The monoisotopic (exact) mass is 325 g/mol. The standard InChI is InChI=1S/C16H23NO4S/c1-19-13-8-12(9-14(20-2)15(13)21-3)16(18)17-6-4-11(10-22)5-7-17/h8-9,11,22H,4-7,10H2,1-3H3. The molecule has 0 radical (unpaired) electrons. The van der Waals surface area contributed by atoms with Crippen molar-refractivity contribution in [2.45, 2.75) is 12.8 Å². The van der Waals surface area contributed by atoms with Crippen LogP contribution in [0.1, 0.15) is 23.2 Å². The second-order valence-electron chi connectivity index (χ2n) is 5.33. The molecule has 2 rings (SSSR count). The molecule has 1 aliphatic heterocycles. The number of amides is 1. The third-order valence-electron chi connectivity index (χ3n) is 4.07. The molecule has 0 spiro atoms. The summed E-state index contributed by atoms with van der Waals surface area (Å²) in [6, 6.07) is 3.41. The highest BCUT2D eigenvalue weighted by molar-refractivity contribution is 7.80. The van der Waals surface area contributed by atoms with E-state index in [0.717, 1.165) is 31.7 Å². The van der Waals surface area contributed by atoms with Gasteiger partial charge >= 0.3 is 0 Å². The zero-order chi connectivity index (χ0) is 16.1. The minimum Gasteiger partial charge on any atom is -0.493 e. The number of nitrogens with zero attached hydrogens (tertiary/aromatic N) is 1. The van der Waals surface area contributed by atoms with E-state index in [-0.39, 0.29) is 5.91 Å². The minimum atomic E-state index is -0.00290. The normalized spacial score (nSPS) is 15.5. The topological polar surface area (TPSA) is 48.0 Å². The number of piperidine rings is 1. The number of benzene rings is 1. The average molecular weight is 325 g/mol. The van der Waals surface area contributed by atoms with Gasteiger partial charge in [-0.05, 0) is 36.6 Å². The van der Waals surface area contributed by atoms with Crippen molar-refractivity contribution in [3.63, 3.8) is 0 Å². The smallest absolute Gasteiger partial charge is 0.254 e. The summed E-state index contributed by atoms with van der Waals surface area (Å²) in [7, 11) is 4.64. The number of thiol groups is 1. The van der Waals surface area contributed by atoms with E-state index in [4.69, 9.17) is 14.2 Å². The van der Waals surface area contributed by atoms with E-state index in [1.807, 2.05) is 4.90 Å². The first-order valence-corrected chi connectivity index (χ1v) is 7.98. The van der Waals surface area contributed by atoms with Crippen LogP contribution >= 0.6 is 12.6 Å². The van der Waals surface area contributed by atoms with Gasteiger partial charge in [-0.2, -0.15) is 12.6 Å². The highest BCUT2D eigenvalue weighted by atomic mass is 32.1. The second-order valence-corrected chi connectivity index (χ2v) is 5.70. The average Bonchev–Trinajstić information content (AvgIpc) is 2.59. The van der Waals surface area contributed by atoms with Gasteiger partial charge in [0.2, 0.25) is 5.75 Å². The van der Waals surface area contributed by atoms with E-state index in [1.54, 1.807) is 33.5 Å². The Bertz CT molecular complexity index is 502. The van der Waals surface area contributed by atoms with Crippen molar-refractivity contribution in [2.24, 2.45) is 5.92 Å². The van der Waals surface area contributed by atoms with Gasteiger partial charge in [0, 0.05) is 18.7 Å². The Morgan fingerprint density at radius 2 is 1.68 bits per heavy atom. The molecule has 0 unspecified atom stereocenters. The van der Waals surface area contributed by atoms with E-state index in [2.05, 4.69) is 12.6 Å². The van der Waals surface area contributed by atoms with Gasteiger partial charge in [-0.15, -0.1) is 0 Å². The Hall–Kier alpha value is -1.56. The van der Waals surface area contributed by atoms with Crippen molar-refractivity contribution >= 4 is 18.5 Å². The summed E-state index contributed by atoms with van der Waals surface area (Å²) in [5, 5.41) is 0. The van der Waals surface area contributed by atoms with Crippen LogP contribution in [-0.2, 0) is 0 Å². The van der Waals surface area contributed by atoms with Crippen molar-refractivity contribution in [2.75, 3.05) is 40.2 Å². The van der Waals surface area contributed by atoms with Gasteiger partial charge in [0.1, 0.15) is 0 Å². The lowest BCUT2D eigenvalue weighted by atomic mass is 9.98. The third kappa shape index (κ3) is 3.43. The van der Waals surface area contributed by atoms with Crippen LogP contribution in [0.25, 0.3) is 0 Å². The number of ether oxygens (including phenoxy) is 3. The molecule has 0 bridgehead atoms. The minimum absolute atomic E-state index is 0.00290. The Morgan fingerprint density at radius 3 is 2.09 bits per heavy atom. The molecule has 1 heterocycles. The maximum Gasteiger partial charge on any atom is 0.254 e. The first kappa shape index (κ1) is 16.8. The van der Waals surface area contributed by atoms with Gasteiger partial charge in [-0.3, -0.25) is 4.79 Å². The molecule has 122 valence electrons. The summed E-state index contributed by atoms with van der Waals surface area (Å²) in [6.45, 7) is 1.53. The molecule has 5 nitrogen and oxygen atoms in total. The van der Waals surface area contributed by atoms with Crippen LogP contribution in [0.4, 0.5) is 0 Å². The highest BCUT2D eigenvalue weighted by Gasteiger charge is 2.25. The SMILES string of the molecule is COc1cc(C(=O)N2CCC(CS)CC2)cc(OC)c1OC. The number of likely N-dealkylation sites (tertiary alicyclic amines) is 1. The summed E-state index contributed by atoms with van der Waals surface area (Å²) >= 11 is 4.34. The second kappa shape index (κ2) is 7.63. The van der Waals surface area contributed by atoms with E-state index in [1.165, 1.54) is 0 Å². The molecule has 0 N–H and O–H groups in total. The van der Waals surface area contributed by atoms with E-state index in [9.17, 15) is 4.79 Å². The maximum absolute atomic E-state index is 12.7. The Labute approximate surface area is 136 Å². The number of carbonyl (C=O) groups excluding carboxylic acids is 1. The molecular weight excluding hydrogens is 302 g/mol. The molecule has 6 heteroatoms.